The monoisotopic (exact) mass is 732 g/mol. The van der Waals surface area contributed by atoms with Gasteiger partial charge < -0.3 is 4.57 Å². The molecule has 0 aliphatic rings. The Bertz CT molecular complexity index is 3240. The summed E-state index contributed by atoms with van der Waals surface area (Å²) in [6.07, 6.45) is 0. The zero-order chi connectivity index (χ0) is 37.0. The van der Waals surface area contributed by atoms with E-state index in [1.165, 1.54) is 53.1 Å². The molecule has 3 heterocycles. The highest BCUT2D eigenvalue weighted by molar-refractivity contribution is 7.25. The van der Waals surface area contributed by atoms with Crippen molar-refractivity contribution < 1.29 is 0 Å². The van der Waals surface area contributed by atoms with E-state index in [1.807, 2.05) is 47.7 Å². The van der Waals surface area contributed by atoms with Crippen molar-refractivity contribution >= 4 is 53.3 Å². The first kappa shape index (κ1) is 32.2. The number of para-hydroxylation sites is 1. The van der Waals surface area contributed by atoms with Crippen LogP contribution in [-0.4, -0.2) is 19.5 Å². The molecule has 0 amide bonds. The van der Waals surface area contributed by atoms with E-state index in [2.05, 4.69) is 162 Å². The third-order valence-electron chi connectivity index (χ3n) is 10.7. The zero-order valence-corrected chi connectivity index (χ0v) is 31.0. The first-order valence-corrected chi connectivity index (χ1v) is 19.6. The summed E-state index contributed by atoms with van der Waals surface area (Å²) in [6, 6.07) is 68.6. The molecule has 0 saturated heterocycles. The normalized spacial score (nSPS) is 11.6. The Kier molecular flexibility index (Phi) is 7.64. The molecule has 0 aliphatic carbocycles. The van der Waals surface area contributed by atoms with Crippen molar-refractivity contribution in [3.8, 4) is 62.1 Å². The Morgan fingerprint density at radius 3 is 1.68 bits per heavy atom. The van der Waals surface area contributed by atoms with Crippen LogP contribution in [0.2, 0.25) is 0 Å². The lowest BCUT2D eigenvalue weighted by Crippen LogP contribution is -2.00. The molecule has 0 atom stereocenters. The molecule has 0 fully saturated rings. The van der Waals surface area contributed by atoms with E-state index in [0.29, 0.717) is 17.5 Å². The summed E-state index contributed by atoms with van der Waals surface area (Å²) in [7, 11) is 0. The number of hydrogen-bond donors (Lipinski definition) is 0. The standard InChI is InChI=1S/C51H32N4S/c1-3-13-33(14-4-1)36-17-11-18-38(31-36)51-53-49(34-15-5-2-6-16-34)52-50(54-51)35-25-28-39(29-26-35)55-44-22-9-7-19-41(44)42-30-27-37(32-45(42)55)40-21-12-24-47-48(40)43-20-8-10-23-46(43)56-47/h1-32H. The van der Waals surface area contributed by atoms with Gasteiger partial charge in [-0.15, -0.1) is 11.3 Å². The van der Waals surface area contributed by atoms with Crippen molar-refractivity contribution in [3.63, 3.8) is 0 Å². The number of thiophene rings is 1. The van der Waals surface area contributed by atoms with Gasteiger partial charge in [0.15, 0.2) is 17.5 Å². The molecule has 8 aromatic carbocycles. The second-order valence-corrected chi connectivity index (χ2v) is 15.1. The highest BCUT2D eigenvalue weighted by atomic mass is 32.1. The Labute approximate surface area is 327 Å². The highest BCUT2D eigenvalue weighted by Crippen LogP contribution is 2.42. The lowest BCUT2D eigenvalue weighted by Gasteiger charge is -2.12. The van der Waals surface area contributed by atoms with E-state index >= 15 is 0 Å². The van der Waals surface area contributed by atoms with Crippen LogP contribution in [0.15, 0.2) is 194 Å². The average Bonchev–Trinajstić information content (AvgIpc) is 3.83. The molecule has 262 valence electrons. The van der Waals surface area contributed by atoms with Crippen LogP contribution >= 0.6 is 11.3 Å². The van der Waals surface area contributed by atoms with Crippen molar-refractivity contribution in [3.05, 3.63) is 194 Å². The van der Waals surface area contributed by atoms with Gasteiger partial charge in [0.25, 0.3) is 0 Å². The molecule has 4 nitrogen and oxygen atoms in total. The minimum atomic E-state index is 0.631. The Morgan fingerprint density at radius 2 is 0.893 bits per heavy atom. The Balaban J connectivity index is 1.04. The minimum Gasteiger partial charge on any atom is -0.309 e. The maximum atomic E-state index is 5.09. The number of benzene rings is 8. The summed E-state index contributed by atoms with van der Waals surface area (Å²) in [5, 5.41) is 5.07. The molecule has 0 saturated carbocycles. The van der Waals surface area contributed by atoms with Gasteiger partial charge in [-0.25, -0.2) is 15.0 Å². The number of nitrogens with zero attached hydrogens (tertiary/aromatic N) is 4. The van der Waals surface area contributed by atoms with Crippen LogP contribution in [0.5, 0.6) is 0 Å². The number of hydrogen-bond acceptors (Lipinski definition) is 4. The van der Waals surface area contributed by atoms with Gasteiger partial charge in [0.05, 0.1) is 11.0 Å². The molecule has 5 heteroatoms. The zero-order valence-electron chi connectivity index (χ0n) is 30.2. The van der Waals surface area contributed by atoms with E-state index in [0.717, 1.165) is 33.5 Å². The fourth-order valence-electron chi connectivity index (χ4n) is 8.01. The second-order valence-electron chi connectivity index (χ2n) is 14.0. The molecule has 3 aromatic heterocycles. The fourth-order valence-corrected chi connectivity index (χ4v) is 9.14. The highest BCUT2D eigenvalue weighted by Gasteiger charge is 2.17. The van der Waals surface area contributed by atoms with Gasteiger partial charge in [-0.1, -0.05) is 140 Å². The maximum Gasteiger partial charge on any atom is 0.164 e. The quantitative estimate of drug-likeness (QED) is 0.171. The van der Waals surface area contributed by atoms with E-state index in [4.69, 9.17) is 15.0 Å². The first-order valence-electron chi connectivity index (χ1n) is 18.8. The van der Waals surface area contributed by atoms with Crippen LogP contribution in [0.1, 0.15) is 0 Å². The van der Waals surface area contributed by atoms with Gasteiger partial charge in [0, 0.05) is 53.3 Å². The van der Waals surface area contributed by atoms with Gasteiger partial charge >= 0.3 is 0 Å². The molecular weight excluding hydrogens is 701 g/mol. The van der Waals surface area contributed by atoms with E-state index in [-0.39, 0.29) is 0 Å². The van der Waals surface area contributed by atoms with Gasteiger partial charge in [0.1, 0.15) is 0 Å². The summed E-state index contributed by atoms with van der Waals surface area (Å²) in [4.78, 5) is 15.1. The van der Waals surface area contributed by atoms with E-state index < -0.39 is 0 Å². The molecule has 56 heavy (non-hydrogen) atoms. The van der Waals surface area contributed by atoms with Gasteiger partial charge in [-0.3, -0.25) is 0 Å². The number of fused-ring (bicyclic) bond motifs is 6. The van der Waals surface area contributed by atoms with E-state index in [9.17, 15) is 0 Å². The average molecular weight is 733 g/mol. The van der Waals surface area contributed by atoms with Crippen LogP contribution in [0.25, 0.3) is 104 Å². The largest absolute Gasteiger partial charge is 0.309 e. The molecule has 11 aromatic rings. The molecule has 0 bridgehead atoms. The number of rotatable bonds is 6. The lowest BCUT2D eigenvalue weighted by molar-refractivity contribution is 1.07. The van der Waals surface area contributed by atoms with Crippen LogP contribution in [-0.2, 0) is 0 Å². The summed E-state index contributed by atoms with van der Waals surface area (Å²) in [6.45, 7) is 0. The van der Waals surface area contributed by atoms with Crippen molar-refractivity contribution in [2.75, 3.05) is 0 Å². The molecule has 0 spiro atoms. The molecule has 11 rings (SSSR count). The second kappa shape index (κ2) is 13.3. The third kappa shape index (κ3) is 5.48. The lowest BCUT2D eigenvalue weighted by atomic mass is 9.98. The van der Waals surface area contributed by atoms with E-state index in [1.54, 1.807) is 0 Å². The van der Waals surface area contributed by atoms with Crippen molar-refractivity contribution in [1.29, 1.82) is 0 Å². The summed E-state index contributed by atoms with van der Waals surface area (Å²) < 4.78 is 5.00. The van der Waals surface area contributed by atoms with Crippen molar-refractivity contribution in [1.82, 2.24) is 19.5 Å². The van der Waals surface area contributed by atoms with Gasteiger partial charge in [-0.05, 0) is 76.9 Å². The summed E-state index contributed by atoms with van der Waals surface area (Å²) >= 11 is 1.86. The van der Waals surface area contributed by atoms with Gasteiger partial charge in [-0.2, -0.15) is 0 Å². The van der Waals surface area contributed by atoms with Crippen molar-refractivity contribution in [2.45, 2.75) is 0 Å². The predicted octanol–water partition coefficient (Wildman–Crippen LogP) is 13.7. The molecular formula is C51H32N4S. The topological polar surface area (TPSA) is 43.6 Å². The predicted molar refractivity (Wildman–Crippen MR) is 234 cm³/mol. The summed E-state index contributed by atoms with van der Waals surface area (Å²) in [5.74, 6) is 1.91. The first-order chi connectivity index (χ1) is 27.7. The molecule has 0 N–H and O–H groups in total. The third-order valence-corrected chi connectivity index (χ3v) is 11.8. The van der Waals surface area contributed by atoms with Crippen LogP contribution in [0.4, 0.5) is 0 Å². The maximum absolute atomic E-state index is 5.09. The SMILES string of the molecule is c1ccc(-c2cccc(-c3nc(-c4ccccc4)nc(-c4ccc(-n5c6ccccc6c6ccc(-c7cccc8sc9ccccc9c78)cc65)cc4)n3)c2)cc1. The number of aromatic nitrogens is 4. The van der Waals surface area contributed by atoms with Crippen LogP contribution < -0.4 is 0 Å². The minimum absolute atomic E-state index is 0.631. The molecule has 0 radical (unpaired) electrons. The fraction of sp³-hybridized carbons (Fsp3) is 0. The molecule has 0 unspecified atom stereocenters. The van der Waals surface area contributed by atoms with Crippen LogP contribution in [0, 0.1) is 0 Å². The van der Waals surface area contributed by atoms with Crippen LogP contribution in [0.3, 0.4) is 0 Å². The van der Waals surface area contributed by atoms with Gasteiger partial charge in [0.2, 0.25) is 0 Å². The Morgan fingerprint density at radius 1 is 0.339 bits per heavy atom. The summed E-state index contributed by atoms with van der Waals surface area (Å²) in [5.41, 5.74) is 10.9. The Hall–Kier alpha value is -7.21. The molecule has 0 aliphatic heterocycles. The smallest absolute Gasteiger partial charge is 0.164 e. The van der Waals surface area contributed by atoms with Crippen molar-refractivity contribution in [2.24, 2.45) is 0 Å².